The third-order valence-electron chi connectivity index (χ3n) is 33.0. The standard InChI is InChI=1S/2C16H24N2O.C13H19N3O2.C13H19N3OS.C12H17N3O2.C12H17N3OS.C11H16N4O2.C11H16N4OS/c1-16(2)5-4-11(8-16)9-18-10-13-6-12(13)7-14(17-3)15(18)19;1-16(2)6-4-5-13(16)10-18-9-12-7-11(12)8-14(17-3)15(18)19;2*1-8-15-5-11(18-8)7-16-6-10-3-9(10)4-12(14-2)13(16)17;1-13-11-5-8-4-9(8)6-15(12(11)16)7-10-2-3-14-17-10;1-13-11-3-8-2-9(8)5-15(12(11)16)6-10-4-14-7-17-10;2*1-12-9-3-7-2-8(7)4-15(11(9)16)5-10-14-13-6-17-10/h4-5,8,12-14,17H,6-7,9-10H2,1-3H3;4-6,11-12,14,17H,7-10H2,1-3H3;2*5,9-10,12,14H,3-4,6-7H2,1-2H3;2-3,8-9,11,13H,4-7H2,1H3;4,7-9,11,13H,2-3,5-6H2,1H3;2*6-9,12H,2-5H2,1H3. The van der Waals surface area contributed by atoms with E-state index in [4.69, 9.17) is 13.4 Å². The van der Waals surface area contributed by atoms with E-state index in [0.717, 1.165) is 217 Å². The van der Waals surface area contributed by atoms with Crippen molar-refractivity contribution < 1.29 is 51.7 Å². The van der Waals surface area contributed by atoms with Crippen molar-refractivity contribution in [1.82, 2.24) is 122 Å². The number of nitrogens with zero attached hydrogens (tertiary/aromatic N) is 16. The van der Waals surface area contributed by atoms with Crippen LogP contribution in [0.25, 0.3) is 0 Å². The van der Waals surface area contributed by atoms with Gasteiger partial charge in [0.15, 0.2) is 11.7 Å². The number of hydrogen-bond acceptors (Lipinski definition) is 30. The highest BCUT2D eigenvalue weighted by atomic mass is 32.1. The fraction of sp³-hybridized carbons (Fsp3) is 0.692. The quantitative estimate of drug-likeness (QED) is 0.0281. The van der Waals surface area contributed by atoms with Crippen molar-refractivity contribution in [3.63, 3.8) is 0 Å². The number of nitrogens with one attached hydrogen (secondary N) is 8. The Kier molecular flexibility index (Phi) is 33.9. The molecule has 35 nitrogen and oxygen atoms in total. The van der Waals surface area contributed by atoms with Crippen LogP contribution in [0.15, 0.2) is 109 Å². The number of aryl methyl sites for hydroxylation is 2. The molecule has 142 heavy (non-hydrogen) atoms. The Morgan fingerprint density at radius 2 is 0.775 bits per heavy atom. The lowest BCUT2D eigenvalue weighted by Gasteiger charge is -2.30. The van der Waals surface area contributed by atoms with E-state index >= 15 is 0 Å². The molecule has 0 spiro atoms. The van der Waals surface area contributed by atoms with E-state index in [-0.39, 0.29) is 101 Å². The Morgan fingerprint density at radius 3 is 1.09 bits per heavy atom. The first-order valence-electron chi connectivity index (χ1n) is 52.0. The first-order valence-corrected chi connectivity index (χ1v) is 54.6. The summed E-state index contributed by atoms with van der Waals surface area (Å²) in [4.78, 5) is 129. The van der Waals surface area contributed by atoms with Gasteiger partial charge >= 0.3 is 0 Å². The number of likely N-dealkylation sites (N-methyl/N-ethyl adjacent to an activating group) is 8. The van der Waals surface area contributed by atoms with Crippen molar-refractivity contribution >= 4 is 81.3 Å². The number of carbonyl (C=O) groups is 8. The molecule has 18 aliphatic rings. The van der Waals surface area contributed by atoms with Crippen LogP contribution in [0, 0.1) is 119 Å². The normalized spacial score (nSPS) is 32.9. The summed E-state index contributed by atoms with van der Waals surface area (Å²) in [5, 5.41) is 46.2. The highest BCUT2D eigenvalue weighted by molar-refractivity contribution is 7.11. The topological polar surface area (TPSA) is 401 Å². The van der Waals surface area contributed by atoms with Crippen LogP contribution in [0.3, 0.4) is 0 Å². The molecule has 0 aromatic carbocycles. The average Bonchev–Trinajstić information content (AvgIpc) is 1.78. The molecule has 8 amide bonds. The van der Waals surface area contributed by atoms with E-state index in [2.05, 4.69) is 157 Å². The number of amides is 8. The van der Waals surface area contributed by atoms with Crippen molar-refractivity contribution in [3.05, 3.63) is 139 Å². The maximum absolute atomic E-state index is 12.6. The summed E-state index contributed by atoms with van der Waals surface area (Å²) < 4.78 is 15.7. The molecule has 24 rings (SSSR count). The number of likely N-dealkylation sites (tertiary alicyclic amines) is 8. The largest absolute Gasteiger partial charge is 0.444 e. The summed E-state index contributed by atoms with van der Waals surface area (Å²) in [6.45, 7) is 25.0. The van der Waals surface area contributed by atoms with Gasteiger partial charge in [-0.3, -0.25) is 43.3 Å². The molecule has 24 atom stereocenters. The van der Waals surface area contributed by atoms with E-state index in [0.29, 0.717) is 73.5 Å². The number of carbonyl (C=O) groups excluding carboxylic acids is 8. The third-order valence-corrected chi connectivity index (χ3v) is 35.3. The van der Waals surface area contributed by atoms with Crippen LogP contribution in [0.1, 0.15) is 173 Å². The first-order chi connectivity index (χ1) is 68.4. The van der Waals surface area contributed by atoms with E-state index in [1.54, 1.807) is 40.6 Å². The molecule has 8 saturated heterocycles. The van der Waals surface area contributed by atoms with Crippen LogP contribution in [0.4, 0.5) is 0 Å². The summed E-state index contributed by atoms with van der Waals surface area (Å²) in [6.07, 6.45) is 39.8. The number of thiazole rings is 2. The molecule has 8 aliphatic heterocycles. The van der Waals surface area contributed by atoms with E-state index in [9.17, 15) is 38.4 Å². The zero-order valence-electron chi connectivity index (χ0n) is 85.4. The van der Waals surface area contributed by atoms with Crippen LogP contribution in [-0.4, -0.2) is 297 Å². The Morgan fingerprint density at radius 1 is 0.387 bits per heavy atom. The molecule has 16 fully saturated rings. The van der Waals surface area contributed by atoms with Gasteiger partial charge in [0.25, 0.3) is 0 Å². The monoisotopic (exact) mass is 2010 g/mol. The molecule has 0 bridgehead atoms. The Bertz CT molecular complexity index is 5000. The van der Waals surface area contributed by atoms with Gasteiger partial charge in [0.05, 0.1) is 111 Å². The van der Waals surface area contributed by atoms with Crippen molar-refractivity contribution in [3.8, 4) is 0 Å². The average molecular weight is 2010 g/mol. The van der Waals surface area contributed by atoms with Gasteiger partial charge in [0, 0.05) is 111 Å². The van der Waals surface area contributed by atoms with Crippen molar-refractivity contribution in [2.45, 2.75) is 232 Å². The zero-order valence-corrected chi connectivity index (χ0v) is 87.9. The van der Waals surface area contributed by atoms with Gasteiger partial charge in [-0.2, -0.15) is 0 Å². The summed E-state index contributed by atoms with van der Waals surface area (Å²) in [5.41, 5.74) is 6.43. The number of hydrogen-bond donors (Lipinski definition) is 8. The van der Waals surface area contributed by atoms with Crippen LogP contribution < -0.4 is 42.5 Å². The van der Waals surface area contributed by atoms with Gasteiger partial charge in [-0.05, 0) is 272 Å². The maximum atomic E-state index is 12.6. The second kappa shape index (κ2) is 46.2. The SMILES string of the molecule is CNC1CC2CC2CN(CC2=CC(C)(C)C=C2)C1=O.CNC1CC2CC2CN(CC2=CC=CC2(C)C)C1=O.CNC1CC2CC2CN(Cc2ccno2)C1=O.CNC1CC2CC2CN(Cc2cnc(C)o2)C1=O.CNC1CC2CC2CN(Cc2cnc(C)s2)C1=O.CNC1CC2CC2CN(Cc2cncs2)C1=O.CNC1CC2CC2CN(Cc2nnco2)C1=O.CNC1CC2CC2CN(Cc2nncs2)C1=O. The number of oxazole rings is 1. The van der Waals surface area contributed by atoms with E-state index in [1.807, 2.05) is 124 Å². The second-order valence-corrected chi connectivity index (χ2v) is 47.6. The highest BCUT2D eigenvalue weighted by Crippen LogP contribution is 2.52. The minimum atomic E-state index is -0.0598. The fourth-order valence-electron chi connectivity index (χ4n) is 23.2. The Balaban J connectivity index is 0.000000112. The second-order valence-electron chi connectivity index (χ2n) is 44.4. The maximum Gasteiger partial charge on any atom is 0.240 e. The molecular weight excluding hydrogens is 1860 g/mol. The van der Waals surface area contributed by atoms with Crippen molar-refractivity contribution in [2.75, 3.05) is 122 Å². The number of fused-ring (bicyclic) bond motifs is 8. The third kappa shape index (κ3) is 27.2. The number of rotatable bonds is 24. The molecule has 24 unspecified atom stereocenters. The van der Waals surface area contributed by atoms with Crippen LogP contribution in [0.5, 0.6) is 0 Å². The van der Waals surface area contributed by atoms with Gasteiger partial charge in [-0.25, -0.2) is 9.97 Å². The van der Waals surface area contributed by atoms with Gasteiger partial charge in [-0.15, -0.1) is 54.4 Å². The molecule has 772 valence electrons. The fourth-order valence-corrected chi connectivity index (χ4v) is 25.2. The lowest BCUT2D eigenvalue weighted by atomic mass is 9.87. The molecule has 6 aromatic rings. The minimum absolute atomic E-state index is 0.0107. The molecular formula is C104H152N24O11S3. The molecule has 14 heterocycles. The molecule has 0 radical (unpaired) electrons. The lowest BCUT2D eigenvalue weighted by molar-refractivity contribution is -0.134. The predicted molar refractivity (Wildman–Crippen MR) is 541 cm³/mol. The van der Waals surface area contributed by atoms with Crippen molar-refractivity contribution in [1.29, 1.82) is 0 Å². The lowest BCUT2D eigenvalue weighted by Crippen LogP contribution is -2.46. The van der Waals surface area contributed by atoms with Crippen LogP contribution >= 0.6 is 34.0 Å². The summed E-state index contributed by atoms with van der Waals surface area (Å²) in [7, 11) is 15.0. The minimum Gasteiger partial charge on any atom is -0.444 e. The van der Waals surface area contributed by atoms with Gasteiger partial charge in [0.2, 0.25) is 59.5 Å². The Labute approximate surface area is 848 Å². The summed E-state index contributed by atoms with van der Waals surface area (Å²) >= 11 is 4.82. The van der Waals surface area contributed by atoms with Gasteiger partial charge < -0.3 is 95.1 Å². The number of aromatic nitrogens is 8. The van der Waals surface area contributed by atoms with Crippen molar-refractivity contribution in [2.24, 2.45) is 106 Å². The molecule has 6 aromatic heterocycles. The highest BCUT2D eigenvalue weighted by Gasteiger charge is 2.53. The molecule has 8 N–H and O–H groups in total. The molecule has 38 heteroatoms. The van der Waals surface area contributed by atoms with Crippen LogP contribution in [-0.2, 0) is 77.6 Å². The smallest absolute Gasteiger partial charge is 0.240 e. The van der Waals surface area contributed by atoms with Gasteiger partial charge in [0.1, 0.15) is 16.3 Å². The summed E-state index contributed by atoms with van der Waals surface area (Å²) in [6, 6.07) is 1.75. The zero-order chi connectivity index (χ0) is 100.0. The van der Waals surface area contributed by atoms with Gasteiger partial charge in [-0.1, -0.05) is 69.3 Å². The molecule has 10 aliphatic carbocycles. The molecule has 8 saturated carbocycles. The number of allylic oxidation sites excluding steroid dienone is 5. The predicted octanol–water partition coefficient (Wildman–Crippen LogP) is 8.53. The first kappa shape index (κ1) is 104. The van der Waals surface area contributed by atoms with E-state index in [1.165, 1.54) is 90.0 Å². The van der Waals surface area contributed by atoms with E-state index < -0.39 is 0 Å². The Hall–Kier alpha value is -9.22. The summed E-state index contributed by atoms with van der Waals surface area (Å²) in [5.74, 6) is 16.3. The van der Waals surface area contributed by atoms with Crippen LogP contribution in [0.2, 0.25) is 0 Å².